The lowest BCUT2D eigenvalue weighted by Crippen LogP contribution is -2.25. The van der Waals surface area contributed by atoms with Crippen LogP contribution in [0.5, 0.6) is 0 Å². The van der Waals surface area contributed by atoms with Gasteiger partial charge in [-0.25, -0.2) is 4.98 Å². The van der Waals surface area contributed by atoms with E-state index in [1.54, 1.807) is 0 Å². The SMILES string of the molecule is CCCCNC(=O)CSc1nc2ccc(NC(=O)c3cccc4ccccc34)cc2s1. The first-order valence-corrected chi connectivity index (χ1v) is 12.0. The average Bonchev–Trinajstić information content (AvgIpc) is 3.19. The number of fused-ring (bicyclic) bond motifs is 2. The summed E-state index contributed by atoms with van der Waals surface area (Å²) in [6.07, 6.45) is 2.05. The number of hydrogen-bond donors (Lipinski definition) is 2. The van der Waals surface area contributed by atoms with Crippen molar-refractivity contribution in [2.75, 3.05) is 17.6 Å². The van der Waals surface area contributed by atoms with Gasteiger partial charge in [-0.2, -0.15) is 0 Å². The largest absolute Gasteiger partial charge is 0.355 e. The molecule has 0 spiro atoms. The molecule has 4 aromatic rings. The van der Waals surface area contributed by atoms with Gasteiger partial charge in [0.25, 0.3) is 5.91 Å². The molecule has 0 saturated heterocycles. The summed E-state index contributed by atoms with van der Waals surface area (Å²) < 4.78 is 1.82. The number of benzene rings is 3. The number of anilines is 1. The van der Waals surface area contributed by atoms with Crippen molar-refractivity contribution in [2.24, 2.45) is 0 Å². The lowest BCUT2D eigenvalue weighted by atomic mass is 10.0. The number of hydrogen-bond acceptors (Lipinski definition) is 5. The molecule has 0 saturated carbocycles. The second-order valence-corrected chi connectivity index (χ2v) is 9.39. The van der Waals surface area contributed by atoms with Gasteiger partial charge in [0.15, 0.2) is 4.34 Å². The second-order valence-electron chi connectivity index (χ2n) is 7.14. The number of aromatic nitrogens is 1. The summed E-state index contributed by atoms with van der Waals surface area (Å²) in [7, 11) is 0. The molecule has 31 heavy (non-hydrogen) atoms. The summed E-state index contributed by atoms with van der Waals surface area (Å²) in [5.74, 6) is 0.244. The minimum atomic E-state index is -0.140. The topological polar surface area (TPSA) is 71.1 Å². The van der Waals surface area contributed by atoms with Gasteiger partial charge < -0.3 is 10.6 Å². The molecule has 0 aliphatic rings. The monoisotopic (exact) mass is 449 g/mol. The summed E-state index contributed by atoms with van der Waals surface area (Å²) in [6, 6.07) is 19.3. The van der Waals surface area contributed by atoms with Crippen LogP contribution in [0.1, 0.15) is 30.1 Å². The molecule has 0 bridgehead atoms. The molecule has 3 aromatic carbocycles. The molecular weight excluding hydrogens is 426 g/mol. The van der Waals surface area contributed by atoms with Gasteiger partial charge in [0.2, 0.25) is 5.91 Å². The molecular formula is C24H23N3O2S2. The summed E-state index contributed by atoms with van der Waals surface area (Å²) in [5.41, 5.74) is 2.23. The first kappa shape index (κ1) is 21.3. The third-order valence-corrected chi connectivity index (χ3v) is 7.00. The fourth-order valence-corrected chi connectivity index (χ4v) is 5.19. The summed E-state index contributed by atoms with van der Waals surface area (Å²) in [5, 5.41) is 7.88. The predicted molar refractivity (Wildman–Crippen MR) is 130 cm³/mol. The molecule has 0 radical (unpaired) electrons. The smallest absolute Gasteiger partial charge is 0.256 e. The number of unbranched alkanes of at least 4 members (excludes halogenated alkanes) is 1. The first-order valence-electron chi connectivity index (χ1n) is 10.2. The van der Waals surface area contributed by atoms with Gasteiger partial charge in [0.1, 0.15) is 0 Å². The van der Waals surface area contributed by atoms with E-state index in [1.807, 2.05) is 60.7 Å². The van der Waals surface area contributed by atoms with Gasteiger partial charge >= 0.3 is 0 Å². The Hall–Kier alpha value is -2.90. The van der Waals surface area contributed by atoms with E-state index in [9.17, 15) is 9.59 Å². The van der Waals surface area contributed by atoms with Crippen LogP contribution in [-0.4, -0.2) is 29.1 Å². The van der Waals surface area contributed by atoms with Crippen LogP contribution in [0.15, 0.2) is 65.0 Å². The Kier molecular flexibility index (Phi) is 6.84. The van der Waals surface area contributed by atoms with E-state index in [2.05, 4.69) is 22.5 Å². The molecule has 0 atom stereocenters. The Morgan fingerprint density at radius 2 is 1.90 bits per heavy atom. The maximum Gasteiger partial charge on any atom is 0.256 e. The Morgan fingerprint density at radius 3 is 2.77 bits per heavy atom. The molecule has 4 rings (SSSR count). The number of carbonyl (C=O) groups excluding carboxylic acids is 2. The second kappa shape index (κ2) is 9.94. The van der Waals surface area contributed by atoms with Crippen molar-refractivity contribution in [1.82, 2.24) is 10.3 Å². The highest BCUT2D eigenvalue weighted by Gasteiger charge is 2.12. The number of carbonyl (C=O) groups is 2. The molecule has 0 aliphatic heterocycles. The molecule has 158 valence electrons. The zero-order valence-electron chi connectivity index (χ0n) is 17.2. The lowest BCUT2D eigenvalue weighted by Gasteiger charge is -2.08. The van der Waals surface area contributed by atoms with E-state index in [0.29, 0.717) is 11.3 Å². The molecule has 7 heteroatoms. The van der Waals surface area contributed by atoms with Crippen LogP contribution >= 0.6 is 23.1 Å². The van der Waals surface area contributed by atoms with Crippen molar-refractivity contribution in [3.05, 3.63) is 66.2 Å². The van der Waals surface area contributed by atoms with Crippen LogP contribution in [0.4, 0.5) is 5.69 Å². The van der Waals surface area contributed by atoms with E-state index in [1.165, 1.54) is 23.1 Å². The van der Waals surface area contributed by atoms with Crippen molar-refractivity contribution in [2.45, 2.75) is 24.1 Å². The van der Waals surface area contributed by atoms with E-state index in [0.717, 1.165) is 50.4 Å². The maximum atomic E-state index is 12.9. The summed E-state index contributed by atoms with van der Waals surface area (Å²) in [6.45, 7) is 2.82. The van der Waals surface area contributed by atoms with Crippen LogP contribution < -0.4 is 10.6 Å². The third kappa shape index (κ3) is 5.24. The zero-order chi connectivity index (χ0) is 21.6. The fourth-order valence-electron chi connectivity index (χ4n) is 3.25. The molecule has 2 amide bonds. The average molecular weight is 450 g/mol. The molecule has 5 nitrogen and oxygen atoms in total. The lowest BCUT2D eigenvalue weighted by molar-refractivity contribution is -0.118. The number of nitrogens with zero attached hydrogens (tertiary/aromatic N) is 1. The highest BCUT2D eigenvalue weighted by molar-refractivity contribution is 8.01. The number of rotatable bonds is 8. The van der Waals surface area contributed by atoms with E-state index in [-0.39, 0.29) is 11.8 Å². The predicted octanol–water partition coefficient (Wildman–Crippen LogP) is 5.71. The third-order valence-electron chi connectivity index (χ3n) is 4.84. The number of thiazole rings is 1. The number of thioether (sulfide) groups is 1. The first-order chi connectivity index (χ1) is 15.1. The number of nitrogens with one attached hydrogen (secondary N) is 2. The van der Waals surface area contributed by atoms with Gasteiger partial charge in [-0.15, -0.1) is 11.3 Å². The van der Waals surface area contributed by atoms with Gasteiger partial charge in [-0.05, 0) is 41.5 Å². The highest BCUT2D eigenvalue weighted by Crippen LogP contribution is 2.31. The Balaban J connectivity index is 1.44. The molecule has 1 heterocycles. The van der Waals surface area contributed by atoms with E-state index >= 15 is 0 Å². The normalized spacial score (nSPS) is 11.0. The van der Waals surface area contributed by atoms with E-state index in [4.69, 9.17) is 0 Å². The van der Waals surface area contributed by atoms with Gasteiger partial charge in [-0.1, -0.05) is 61.5 Å². The van der Waals surface area contributed by atoms with Crippen molar-refractivity contribution in [3.63, 3.8) is 0 Å². The van der Waals surface area contributed by atoms with Crippen molar-refractivity contribution < 1.29 is 9.59 Å². The van der Waals surface area contributed by atoms with Crippen LogP contribution in [-0.2, 0) is 4.79 Å². The molecule has 2 N–H and O–H groups in total. The van der Waals surface area contributed by atoms with Crippen molar-refractivity contribution in [1.29, 1.82) is 0 Å². The molecule has 1 aromatic heterocycles. The fraction of sp³-hybridized carbons (Fsp3) is 0.208. The van der Waals surface area contributed by atoms with E-state index < -0.39 is 0 Å². The van der Waals surface area contributed by atoms with Crippen molar-refractivity contribution in [3.8, 4) is 0 Å². The minimum Gasteiger partial charge on any atom is -0.355 e. The van der Waals surface area contributed by atoms with Crippen LogP contribution in [0, 0.1) is 0 Å². The Morgan fingerprint density at radius 1 is 1.06 bits per heavy atom. The Labute approximate surface area is 189 Å². The highest BCUT2D eigenvalue weighted by atomic mass is 32.2. The van der Waals surface area contributed by atoms with Crippen LogP contribution in [0.2, 0.25) is 0 Å². The number of amides is 2. The van der Waals surface area contributed by atoms with Crippen molar-refractivity contribution >= 4 is 61.6 Å². The summed E-state index contributed by atoms with van der Waals surface area (Å²) in [4.78, 5) is 29.4. The molecule has 0 aliphatic carbocycles. The quantitative estimate of drug-likeness (QED) is 0.267. The Bertz CT molecular complexity index is 1230. The standard InChI is InChI=1S/C24H23N3O2S2/c1-2-3-13-25-22(28)15-30-24-27-20-12-11-17(14-21(20)31-24)26-23(29)19-10-6-8-16-7-4-5-9-18(16)19/h4-12,14H,2-3,13,15H2,1H3,(H,25,28)(H,26,29). The van der Waals surface area contributed by atoms with Gasteiger partial charge in [0, 0.05) is 17.8 Å². The molecule has 0 unspecified atom stereocenters. The van der Waals surface area contributed by atoms with Gasteiger partial charge in [-0.3, -0.25) is 9.59 Å². The molecule has 0 fully saturated rings. The maximum absolute atomic E-state index is 12.9. The minimum absolute atomic E-state index is 0.0285. The van der Waals surface area contributed by atoms with Crippen LogP contribution in [0.3, 0.4) is 0 Å². The summed E-state index contributed by atoms with van der Waals surface area (Å²) >= 11 is 2.97. The van der Waals surface area contributed by atoms with Gasteiger partial charge in [0.05, 0.1) is 16.0 Å². The van der Waals surface area contributed by atoms with Crippen LogP contribution in [0.25, 0.3) is 21.0 Å². The zero-order valence-corrected chi connectivity index (χ0v) is 18.8.